The van der Waals surface area contributed by atoms with Crippen LogP contribution in [0.4, 0.5) is 0 Å². The Morgan fingerprint density at radius 3 is 3.04 bits per heavy atom. The quantitative estimate of drug-likeness (QED) is 0.688. The van der Waals surface area contributed by atoms with Gasteiger partial charge in [-0.1, -0.05) is 17.7 Å². The number of rotatable bonds is 6. The van der Waals surface area contributed by atoms with Crippen molar-refractivity contribution in [2.45, 2.75) is 45.3 Å². The minimum absolute atomic E-state index is 0.00893. The molecule has 6 heteroatoms. The number of nitrogens with one attached hydrogen (secondary N) is 1. The molecule has 27 heavy (non-hydrogen) atoms. The smallest absolute Gasteiger partial charge is 0.226 e. The second kappa shape index (κ2) is 7.96. The van der Waals surface area contributed by atoms with Gasteiger partial charge in [0.2, 0.25) is 5.91 Å². The van der Waals surface area contributed by atoms with E-state index >= 15 is 0 Å². The molecule has 140 valence electrons. The van der Waals surface area contributed by atoms with E-state index < -0.39 is 0 Å². The molecule has 2 aromatic heterocycles. The molecule has 0 saturated heterocycles. The zero-order chi connectivity index (χ0) is 18.6. The molecule has 4 rings (SSSR count). The van der Waals surface area contributed by atoms with Gasteiger partial charge in [-0.25, -0.2) is 4.98 Å². The zero-order valence-corrected chi connectivity index (χ0v) is 16.1. The molecule has 1 aliphatic carbocycles. The number of aromatic nitrogens is 1. The summed E-state index contributed by atoms with van der Waals surface area (Å²) in [7, 11) is 0. The van der Waals surface area contributed by atoms with Crippen molar-refractivity contribution in [3.8, 4) is 5.75 Å². The summed E-state index contributed by atoms with van der Waals surface area (Å²) in [5.41, 5.74) is 3.09. The normalized spacial score (nSPS) is 16.0. The second-order valence-electron chi connectivity index (χ2n) is 6.82. The number of hydrogen-bond acceptors (Lipinski definition) is 5. The lowest BCUT2D eigenvalue weighted by atomic mass is 9.93. The van der Waals surface area contributed by atoms with Crippen molar-refractivity contribution in [1.82, 2.24) is 10.3 Å². The molecular formula is C21H22N2O3S. The number of furan rings is 1. The van der Waals surface area contributed by atoms with E-state index in [1.165, 1.54) is 16.9 Å². The van der Waals surface area contributed by atoms with Gasteiger partial charge in [0.1, 0.15) is 23.1 Å². The predicted octanol–water partition coefficient (Wildman–Crippen LogP) is 4.36. The topological polar surface area (TPSA) is 64.4 Å². The molecule has 2 heterocycles. The fourth-order valence-electron chi connectivity index (χ4n) is 3.32. The molecule has 3 aromatic rings. The number of hydrogen-bond donors (Lipinski definition) is 1. The molecule has 1 atom stereocenters. The molecule has 0 fully saturated rings. The van der Waals surface area contributed by atoms with E-state index in [-0.39, 0.29) is 18.4 Å². The van der Waals surface area contributed by atoms with Gasteiger partial charge in [0.15, 0.2) is 0 Å². The van der Waals surface area contributed by atoms with Crippen LogP contribution in [0.1, 0.15) is 46.5 Å². The maximum Gasteiger partial charge on any atom is 0.226 e. The van der Waals surface area contributed by atoms with Gasteiger partial charge in [0.05, 0.1) is 24.4 Å². The summed E-state index contributed by atoms with van der Waals surface area (Å²) < 4.78 is 11.2. The van der Waals surface area contributed by atoms with Crippen molar-refractivity contribution in [1.29, 1.82) is 0 Å². The average Bonchev–Trinajstić information content (AvgIpc) is 3.31. The third kappa shape index (κ3) is 4.39. The van der Waals surface area contributed by atoms with E-state index in [0.29, 0.717) is 6.61 Å². The van der Waals surface area contributed by atoms with E-state index in [2.05, 4.69) is 10.3 Å². The van der Waals surface area contributed by atoms with Crippen molar-refractivity contribution in [2.75, 3.05) is 0 Å². The number of ether oxygens (including phenoxy) is 1. The van der Waals surface area contributed by atoms with Crippen molar-refractivity contribution in [2.24, 2.45) is 0 Å². The highest BCUT2D eigenvalue weighted by Gasteiger charge is 2.24. The van der Waals surface area contributed by atoms with Gasteiger partial charge in [0, 0.05) is 17.4 Å². The van der Waals surface area contributed by atoms with Gasteiger partial charge in [-0.05, 0) is 38.0 Å². The van der Waals surface area contributed by atoms with Crippen molar-refractivity contribution >= 4 is 17.2 Å². The summed E-state index contributed by atoms with van der Waals surface area (Å²) in [5.74, 6) is 1.81. The number of benzene rings is 1. The predicted molar refractivity (Wildman–Crippen MR) is 104 cm³/mol. The maximum atomic E-state index is 12.4. The number of fused-ring (bicyclic) bond motifs is 1. The molecule has 1 amide bonds. The highest BCUT2D eigenvalue weighted by molar-refractivity contribution is 7.09. The third-order valence-electron chi connectivity index (χ3n) is 4.71. The largest absolute Gasteiger partial charge is 0.486 e. The molecule has 5 nitrogen and oxygen atoms in total. The van der Waals surface area contributed by atoms with Crippen LogP contribution in [0, 0.1) is 6.92 Å². The van der Waals surface area contributed by atoms with Crippen LogP contribution in [0.15, 0.2) is 46.4 Å². The van der Waals surface area contributed by atoms with Crippen LogP contribution >= 0.6 is 11.3 Å². The Morgan fingerprint density at radius 2 is 2.19 bits per heavy atom. The first-order valence-corrected chi connectivity index (χ1v) is 10.0. The fraction of sp³-hybridized carbons (Fsp3) is 0.333. The average molecular weight is 382 g/mol. The van der Waals surface area contributed by atoms with E-state index in [4.69, 9.17) is 9.15 Å². The van der Waals surface area contributed by atoms with Crippen LogP contribution in [0.5, 0.6) is 5.75 Å². The van der Waals surface area contributed by atoms with Gasteiger partial charge in [-0.2, -0.15) is 0 Å². The molecular weight excluding hydrogens is 360 g/mol. The zero-order valence-electron chi connectivity index (χ0n) is 15.2. The number of nitrogens with zero attached hydrogens (tertiary/aromatic N) is 1. The van der Waals surface area contributed by atoms with E-state index in [1.54, 1.807) is 6.26 Å². The lowest BCUT2D eigenvalue weighted by molar-refractivity contribution is -0.121. The van der Waals surface area contributed by atoms with Crippen LogP contribution in [0.25, 0.3) is 0 Å². The highest BCUT2D eigenvalue weighted by atomic mass is 32.1. The Hall–Kier alpha value is -2.60. The number of thiazole rings is 1. The molecule has 0 radical (unpaired) electrons. The lowest BCUT2D eigenvalue weighted by Gasteiger charge is -2.22. The molecule has 1 aromatic carbocycles. The summed E-state index contributed by atoms with van der Waals surface area (Å²) in [4.78, 5) is 16.9. The minimum Gasteiger partial charge on any atom is -0.486 e. The molecule has 0 aliphatic heterocycles. The number of carbonyl (C=O) groups excluding carboxylic acids is 1. The molecule has 0 bridgehead atoms. The Bertz CT molecular complexity index is 914. The van der Waals surface area contributed by atoms with Gasteiger partial charge in [0.25, 0.3) is 0 Å². The van der Waals surface area contributed by atoms with Crippen LogP contribution in [0.2, 0.25) is 0 Å². The van der Waals surface area contributed by atoms with Crippen LogP contribution in [-0.4, -0.2) is 10.9 Å². The van der Waals surface area contributed by atoms with Crippen LogP contribution in [0.3, 0.4) is 0 Å². The molecule has 0 spiro atoms. The SMILES string of the molecule is Cc1ccc(OCc2nc(CC(=O)NC3CCCc4occc43)cs2)cc1. The first-order valence-electron chi connectivity index (χ1n) is 9.16. The van der Waals surface area contributed by atoms with Gasteiger partial charge < -0.3 is 14.5 Å². The summed E-state index contributed by atoms with van der Waals surface area (Å²) in [6.45, 7) is 2.46. The Morgan fingerprint density at radius 1 is 1.33 bits per heavy atom. The van der Waals surface area contributed by atoms with Crippen LogP contribution in [-0.2, 0) is 24.2 Å². The monoisotopic (exact) mass is 382 g/mol. The fourth-order valence-corrected chi connectivity index (χ4v) is 4.03. The standard InChI is InChI=1S/C21H22N2O3S/c1-14-5-7-16(8-6-14)26-12-21-22-15(13-27-21)11-20(24)23-18-3-2-4-19-17(18)9-10-25-19/h5-10,13,18H,2-4,11-12H2,1H3,(H,23,24). The molecule has 0 saturated carbocycles. The summed E-state index contributed by atoms with van der Waals surface area (Å²) in [6, 6.07) is 9.94. The summed E-state index contributed by atoms with van der Waals surface area (Å²) in [5, 5.41) is 5.91. The van der Waals surface area contributed by atoms with Crippen molar-refractivity contribution < 1.29 is 13.9 Å². The molecule has 1 N–H and O–H groups in total. The maximum absolute atomic E-state index is 12.4. The summed E-state index contributed by atoms with van der Waals surface area (Å²) in [6.07, 6.45) is 4.92. The minimum atomic E-state index is -0.00893. The Kier molecular flexibility index (Phi) is 5.25. The van der Waals surface area contributed by atoms with Gasteiger partial charge >= 0.3 is 0 Å². The van der Waals surface area contributed by atoms with E-state index in [9.17, 15) is 4.79 Å². The Labute approximate surface area is 162 Å². The number of carbonyl (C=O) groups is 1. The van der Waals surface area contributed by atoms with Gasteiger partial charge in [-0.15, -0.1) is 11.3 Å². The first-order chi connectivity index (χ1) is 13.2. The molecule has 1 unspecified atom stereocenters. The molecule has 1 aliphatic rings. The van der Waals surface area contributed by atoms with Gasteiger partial charge in [-0.3, -0.25) is 4.79 Å². The lowest BCUT2D eigenvalue weighted by Crippen LogP contribution is -2.31. The van der Waals surface area contributed by atoms with E-state index in [0.717, 1.165) is 47.0 Å². The highest BCUT2D eigenvalue weighted by Crippen LogP contribution is 2.30. The third-order valence-corrected chi connectivity index (χ3v) is 5.58. The van der Waals surface area contributed by atoms with Crippen molar-refractivity contribution in [3.63, 3.8) is 0 Å². The number of amides is 1. The Balaban J connectivity index is 1.30. The second-order valence-corrected chi connectivity index (χ2v) is 7.77. The summed E-state index contributed by atoms with van der Waals surface area (Å²) >= 11 is 1.52. The number of aryl methyl sites for hydroxylation is 2. The van der Waals surface area contributed by atoms with Crippen molar-refractivity contribution in [3.05, 3.63) is 69.6 Å². The van der Waals surface area contributed by atoms with E-state index in [1.807, 2.05) is 42.6 Å². The van der Waals surface area contributed by atoms with Crippen LogP contribution < -0.4 is 10.1 Å². The first kappa shape index (κ1) is 17.8.